The monoisotopic (exact) mass is 1780 g/mol. The van der Waals surface area contributed by atoms with Crippen molar-refractivity contribution in [3.8, 4) is 159 Å². The minimum Gasteiger partial charge on any atom is -0.507 e. The van der Waals surface area contributed by atoms with Gasteiger partial charge in [0.25, 0.3) is 0 Å². The van der Waals surface area contributed by atoms with Crippen molar-refractivity contribution in [1.29, 1.82) is 0 Å². The molecule has 670 valence electrons. The van der Waals surface area contributed by atoms with Gasteiger partial charge >= 0.3 is 13.7 Å². The van der Waals surface area contributed by atoms with Gasteiger partial charge in [0.05, 0.1) is 64.9 Å². The zero-order chi connectivity index (χ0) is 93.8. The van der Waals surface area contributed by atoms with Crippen molar-refractivity contribution in [2.45, 2.75) is 68.2 Å². The number of aromatic hydroxyl groups is 3. The zero-order valence-corrected chi connectivity index (χ0v) is 77.8. The molecular weight excluding hydrogens is 1670 g/mol. The van der Waals surface area contributed by atoms with Crippen LogP contribution >= 0.6 is 7.60 Å². The van der Waals surface area contributed by atoms with Crippen LogP contribution in [0.2, 0.25) is 0 Å². The number of benzene rings is 13. The molecule has 17 aromatic rings. The minimum atomic E-state index is -4.39. The van der Waals surface area contributed by atoms with Crippen LogP contribution in [0.4, 0.5) is 27.5 Å². The van der Waals surface area contributed by atoms with Gasteiger partial charge in [-0.05, 0) is 264 Å². The molecule has 0 spiro atoms. The molecule has 1 amide bonds. The maximum atomic E-state index is 12.6. The van der Waals surface area contributed by atoms with Gasteiger partial charge in [0.15, 0.2) is 0 Å². The Labute approximate surface area is 770 Å². The van der Waals surface area contributed by atoms with Crippen LogP contribution in [0, 0.1) is 55.4 Å². The first-order valence-electron chi connectivity index (χ1n) is 43.2. The maximum Gasteiger partial charge on any atom is 0.417 e. The summed E-state index contributed by atoms with van der Waals surface area (Å²) < 4.78 is 28.3. The van der Waals surface area contributed by atoms with E-state index in [0.717, 1.165) is 192 Å². The molecule has 0 bridgehead atoms. The molecule has 4 heterocycles. The van der Waals surface area contributed by atoms with Crippen molar-refractivity contribution in [1.82, 2.24) is 39.9 Å². The molecule has 0 aliphatic rings. The molecule has 0 atom stereocenters. The highest BCUT2D eigenvalue weighted by Crippen LogP contribution is 2.43. The molecule has 10 N–H and O–H groups in total. The number of anilines is 4. The van der Waals surface area contributed by atoms with E-state index in [1.165, 1.54) is 6.07 Å². The summed E-state index contributed by atoms with van der Waals surface area (Å²) in [5, 5.41) is 33.7. The van der Waals surface area contributed by atoms with E-state index in [1.54, 1.807) is 32.4 Å². The number of aryl methyl sites for hydroxylation is 10. The van der Waals surface area contributed by atoms with Gasteiger partial charge in [0, 0.05) is 126 Å². The normalized spacial score (nSPS) is 11.0. The number of ether oxygens (including phenoxy) is 3. The van der Waals surface area contributed by atoms with Crippen LogP contribution in [0.15, 0.2) is 285 Å². The summed E-state index contributed by atoms with van der Waals surface area (Å²) in [6.07, 6.45) is 0.380. The second kappa shape index (κ2) is 40.9. The Morgan fingerprint density at radius 1 is 0.356 bits per heavy atom. The molecule has 0 saturated heterocycles. The first-order chi connectivity index (χ1) is 63.4. The van der Waals surface area contributed by atoms with Gasteiger partial charge in [0.1, 0.15) is 57.8 Å². The number of carbonyl (C=O) groups excluding carboxylic acids is 1. The van der Waals surface area contributed by atoms with E-state index in [2.05, 4.69) is 108 Å². The summed E-state index contributed by atoms with van der Waals surface area (Å²) in [5.74, 6) is 5.81. The number of H-pyrrole nitrogens is 4. The third-order valence-electron chi connectivity index (χ3n) is 22.9. The topological polar surface area (TPSA) is 299 Å². The fraction of sp³-hybridized carbons (Fsp3) is 0.165. The largest absolute Gasteiger partial charge is 0.507 e. The summed E-state index contributed by atoms with van der Waals surface area (Å²) in [6, 6.07) is 92.5. The molecular formula is C109H109N12O10P. The number of rotatable bonds is 22. The van der Waals surface area contributed by atoms with Gasteiger partial charge in [-0.25, -0.2) is 24.7 Å². The van der Waals surface area contributed by atoms with Crippen molar-refractivity contribution in [2.24, 2.45) is 0 Å². The van der Waals surface area contributed by atoms with E-state index in [-0.39, 0.29) is 11.1 Å². The highest BCUT2D eigenvalue weighted by Gasteiger charge is 2.26. The Morgan fingerprint density at radius 3 is 1.10 bits per heavy atom. The van der Waals surface area contributed by atoms with Gasteiger partial charge < -0.3 is 74.0 Å². The van der Waals surface area contributed by atoms with Gasteiger partial charge in [0.2, 0.25) is 0 Å². The maximum absolute atomic E-state index is 12.6. The number of amides is 1. The number of nitrogens with one attached hydrogen (secondary N) is 5. The van der Waals surface area contributed by atoms with Crippen molar-refractivity contribution in [2.75, 3.05) is 76.5 Å². The average Bonchev–Trinajstić information content (AvgIpc) is 1.63. The van der Waals surface area contributed by atoms with Gasteiger partial charge in [-0.3, -0.25) is 9.88 Å². The van der Waals surface area contributed by atoms with E-state index in [4.69, 9.17) is 34.1 Å². The first kappa shape index (κ1) is 92.7. The summed E-state index contributed by atoms with van der Waals surface area (Å²) in [6.45, 7) is 15.3. The summed E-state index contributed by atoms with van der Waals surface area (Å²) >= 11 is 0. The summed E-state index contributed by atoms with van der Waals surface area (Å²) in [4.78, 5) is 72.0. The highest BCUT2D eigenvalue weighted by atomic mass is 31.2. The number of imidazole rings is 4. The van der Waals surface area contributed by atoms with Crippen molar-refractivity contribution in [3.05, 3.63) is 341 Å². The smallest absolute Gasteiger partial charge is 0.417 e. The first-order valence-corrected chi connectivity index (χ1v) is 44.8. The molecule has 0 radical (unpaired) electrons. The molecule has 22 nitrogen and oxygen atoms in total. The molecule has 132 heavy (non-hydrogen) atoms. The second-order valence-electron chi connectivity index (χ2n) is 33.2. The number of phenols is 3. The van der Waals surface area contributed by atoms with Crippen LogP contribution in [0.3, 0.4) is 0 Å². The minimum absolute atomic E-state index is 0.0450. The Hall–Kier alpha value is -15.5. The third kappa shape index (κ3) is 21.7. The molecule has 0 fully saturated rings. The van der Waals surface area contributed by atoms with E-state index >= 15 is 0 Å². The lowest BCUT2D eigenvalue weighted by molar-refractivity contribution is 0.214. The van der Waals surface area contributed by atoms with Crippen molar-refractivity contribution < 1.29 is 48.7 Å². The van der Waals surface area contributed by atoms with E-state index in [0.29, 0.717) is 52.7 Å². The van der Waals surface area contributed by atoms with E-state index in [1.807, 2.05) is 291 Å². The number of aromatic nitrogens is 8. The zero-order valence-electron chi connectivity index (χ0n) is 76.9. The van der Waals surface area contributed by atoms with Gasteiger partial charge in [-0.2, -0.15) is 0 Å². The number of hydrogen-bond acceptors (Lipinski definition) is 15. The molecule has 23 heteroatoms. The molecule has 17 rings (SSSR count). The Bertz CT molecular complexity index is 6690. The standard InChI is InChI=1S/C34H35N5O2.C27H30N3O4P.C25H24N2O3.C23H20N2O/c1-22-20-26(21-23(2)32(22)41-34(40)35-27-10-8-7-9-11-27)33-36-30(24-12-16-28(17-13-24)38(3)4)31(37-33)25-14-18-29(19-15-25)39(5)6;1-17-15-18(2)26(31)22(16-17)27-28-23(14-11-19-7-5-6-8-24(19)35(32,33)34)25(29-27)20-9-12-21(13-10-20)30(3)4;1-15-13-19(14-16(2)24(15)28)25-26-22(17-5-9-20(29-3)10-6-17)23(27-25)18-7-11-21(30-4)12-8-18;1-15-13-19(14-16(2)22(15)26)23-24-20(17-9-5-3-6-10-17)21(25-23)18-11-7-4-8-12-18/h7-21H,1-6H3,(H,35,40)(H,36,37);5-10,12-13,15-16,31H,11,14H2,1-4H3,(H,28,29)(H2,32,33,34);5-14,28H,1-4H3,(H,26,27);3-14,26H,1-2H3,(H,24,25). The predicted molar refractivity (Wildman–Crippen MR) is 535 cm³/mol. The Balaban J connectivity index is 0.000000143. The number of methoxy groups -OCH3 is 2. The molecule has 0 unspecified atom stereocenters. The molecule has 0 saturated carbocycles. The number of phenolic OH excluding ortho intramolecular Hbond substituents is 3. The number of aromatic amines is 4. The van der Waals surface area contributed by atoms with Crippen LogP contribution < -0.4 is 39.5 Å². The molecule has 13 aromatic carbocycles. The van der Waals surface area contributed by atoms with Gasteiger partial charge in [-0.1, -0.05) is 140 Å². The van der Waals surface area contributed by atoms with Crippen LogP contribution in [0.5, 0.6) is 34.5 Å². The number of carbonyl (C=O) groups is 1. The van der Waals surface area contributed by atoms with E-state index < -0.39 is 13.7 Å². The quantitative estimate of drug-likeness (QED) is 0.0282. The number of hydrogen-bond donors (Lipinski definition) is 10. The lowest BCUT2D eigenvalue weighted by Gasteiger charge is -2.13. The van der Waals surface area contributed by atoms with Crippen molar-refractivity contribution >= 4 is 41.7 Å². The third-order valence-corrected chi connectivity index (χ3v) is 23.9. The summed E-state index contributed by atoms with van der Waals surface area (Å²) in [5.41, 5.74) is 29.0. The Kier molecular flexibility index (Phi) is 28.7. The van der Waals surface area contributed by atoms with Crippen molar-refractivity contribution in [3.63, 3.8) is 0 Å². The molecule has 4 aromatic heterocycles. The fourth-order valence-corrected chi connectivity index (χ4v) is 16.6. The Morgan fingerprint density at radius 2 is 0.689 bits per heavy atom. The summed E-state index contributed by atoms with van der Waals surface area (Å²) in [7, 11) is 11.0. The predicted octanol–water partition coefficient (Wildman–Crippen LogP) is 24.0. The van der Waals surface area contributed by atoms with Crippen LogP contribution in [0.1, 0.15) is 55.8 Å². The molecule has 0 aliphatic heterocycles. The van der Waals surface area contributed by atoms with Crippen LogP contribution in [-0.2, 0) is 17.4 Å². The SMILES string of the molecule is COc1ccc(-c2nc(-c3cc(C)c(O)c(C)c3)[nH]c2-c2ccc(OC)cc2)cc1.Cc1cc(-c2nc(-c3ccc(N(C)C)cc3)c(-c3ccc(N(C)C)cc3)[nH]2)cc(C)c1OC(=O)Nc1ccccc1.Cc1cc(-c2nc(-c3ccccc3)c(-c3ccccc3)[nH]2)cc(C)c1O.Cc1cc(C)c(O)c(-c2nc(-c3ccc(N(C)C)cc3)c(CCc3ccccc3P(=O)(O)O)[nH]2)c1. The average molecular weight is 1780 g/mol. The van der Waals surface area contributed by atoms with E-state index in [9.17, 15) is 34.5 Å². The number of nitrogens with zero attached hydrogens (tertiary/aromatic N) is 7. The lowest BCUT2D eigenvalue weighted by Crippen LogP contribution is -2.17. The number of para-hydroxylation sites is 1. The fourth-order valence-electron chi connectivity index (χ4n) is 15.8. The van der Waals surface area contributed by atoms with Crippen LogP contribution in [-0.4, -0.2) is 128 Å². The lowest BCUT2D eigenvalue weighted by atomic mass is 10.0. The highest BCUT2D eigenvalue weighted by molar-refractivity contribution is 7.60. The molecule has 0 aliphatic carbocycles. The van der Waals surface area contributed by atoms with Crippen LogP contribution in [0.25, 0.3) is 124 Å². The second-order valence-corrected chi connectivity index (χ2v) is 34.8. The van der Waals surface area contributed by atoms with Gasteiger partial charge in [-0.15, -0.1) is 0 Å².